The van der Waals surface area contributed by atoms with Gasteiger partial charge in [-0.1, -0.05) is 30.3 Å². The first-order chi connectivity index (χ1) is 9.79. The van der Waals surface area contributed by atoms with Crippen molar-refractivity contribution in [1.82, 2.24) is 0 Å². The molecule has 1 amide bonds. The van der Waals surface area contributed by atoms with Gasteiger partial charge in [-0.2, -0.15) is 0 Å². The van der Waals surface area contributed by atoms with Crippen molar-refractivity contribution in [2.45, 2.75) is 6.42 Å². The van der Waals surface area contributed by atoms with Crippen LogP contribution in [0.25, 0.3) is 0 Å². The van der Waals surface area contributed by atoms with E-state index < -0.39 is 12.5 Å². The van der Waals surface area contributed by atoms with E-state index in [1.165, 1.54) is 11.3 Å². The van der Waals surface area contributed by atoms with Crippen LogP contribution in [0.15, 0.2) is 48.5 Å². The lowest BCUT2D eigenvalue weighted by Gasteiger charge is -2.22. The maximum atomic E-state index is 11.4. The minimum Gasteiger partial charge on any atom is -0.387 e. The van der Waals surface area contributed by atoms with Crippen molar-refractivity contribution in [2.75, 3.05) is 23.4 Å². The predicted octanol–water partition coefficient (Wildman–Crippen LogP) is 2.31. The molecule has 0 bridgehead atoms. The molecule has 102 valence electrons. The fourth-order valence-electron chi connectivity index (χ4n) is 2.59. The van der Waals surface area contributed by atoms with E-state index in [9.17, 15) is 4.79 Å². The Kier molecular flexibility index (Phi) is 3.39. The first-order valence-electron chi connectivity index (χ1n) is 6.65. The third-order valence-electron chi connectivity index (χ3n) is 3.50. The van der Waals surface area contributed by atoms with Crippen molar-refractivity contribution in [3.8, 4) is 0 Å². The number of nitrogens with one attached hydrogen (secondary N) is 1. The summed E-state index contributed by atoms with van der Waals surface area (Å²) in [6.45, 7) is 0.385. The highest BCUT2D eigenvalue weighted by Gasteiger charge is 2.22. The van der Waals surface area contributed by atoms with Crippen LogP contribution < -0.4 is 10.2 Å². The highest BCUT2D eigenvalue weighted by molar-refractivity contribution is 5.96. The number of benzene rings is 2. The van der Waals surface area contributed by atoms with Gasteiger partial charge in [0.1, 0.15) is 6.61 Å². The van der Waals surface area contributed by atoms with Crippen LogP contribution in [0.1, 0.15) is 5.56 Å². The summed E-state index contributed by atoms with van der Waals surface area (Å²) in [7, 11) is 0. The predicted molar refractivity (Wildman–Crippen MR) is 79.3 cm³/mol. The van der Waals surface area contributed by atoms with Gasteiger partial charge in [0.15, 0.2) is 0 Å². The molecule has 2 aromatic carbocycles. The fourth-order valence-corrected chi connectivity index (χ4v) is 2.59. The van der Waals surface area contributed by atoms with E-state index in [-0.39, 0.29) is 0 Å². The molecular weight excluding hydrogens is 252 g/mol. The molecule has 0 fully saturated rings. The normalized spacial score (nSPS) is 13.2. The van der Waals surface area contributed by atoms with Gasteiger partial charge in [-0.15, -0.1) is 0 Å². The third kappa shape index (κ3) is 2.26. The minimum absolute atomic E-state index is 0.398. The molecule has 1 aliphatic heterocycles. The summed E-state index contributed by atoms with van der Waals surface area (Å²) in [6.07, 6.45) is 0.998. The molecule has 0 aromatic heterocycles. The number of para-hydroxylation sites is 3. The molecule has 0 unspecified atom stereocenters. The summed E-state index contributed by atoms with van der Waals surface area (Å²) >= 11 is 0. The molecule has 0 saturated carbocycles. The molecule has 0 spiro atoms. The number of hydrogen-bond donors (Lipinski definition) is 2. The number of carbonyl (C=O) groups excluding carboxylic acids is 1. The van der Waals surface area contributed by atoms with Gasteiger partial charge in [-0.05, 0) is 30.2 Å². The topological polar surface area (TPSA) is 52.6 Å². The molecule has 0 aliphatic carbocycles. The highest BCUT2D eigenvalue weighted by atomic mass is 16.3. The van der Waals surface area contributed by atoms with E-state index >= 15 is 0 Å². The Labute approximate surface area is 117 Å². The van der Waals surface area contributed by atoms with Gasteiger partial charge in [-0.25, -0.2) is 0 Å². The Hall–Kier alpha value is -2.33. The standard InChI is InChI=1S/C16H16N2O2/c19-11-16(20)17-13-6-2-4-8-15(13)18-10-9-12-5-1-3-7-14(12)18/h1-8,19H,9-11H2,(H,17,20). The number of nitrogens with zero attached hydrogens (tertiary/aromatic N) is 1. The minimum atomic E-state index is -0.509. The van der Waals surface area contributed by atoms with E-state index in [2.05, 4.69) is 22.3 Å². The van der Waals surface area contributed by atoms with Crippen molar-refractivity contribution in [1.29, 1.82) is 0 Å². The first kappa shape index (κ1) is 12.7. The van der Waals surface area contributed by atoms with Crippen LogP contribution in [0.2, 0.25) is 0 Å². The summed E-state index contributed by atoms with van der Waals surface area (Å²) in [4.78, 5) is 13.6. The number of anilines is 3. The van der Waals surface area contributed by atoms with Gasteiger partial charge < -0.3 is 15.3 Å². The first-order valence-corrected chi connectivity index (χ1v) is 6.65. The lowest BCUT2D eigenvalue weighted by atomic mass is 10.2. The van der Waals surface area contributed by atoms with Crippen LogP contribution in [0.5, 0.6) is 0 Å². The second-order valence-electron chi connectivity index (χ2n) is 4.75. The van der Waals surface area contributed by atoms with E-state index in [1.807, 2.05) is 36.4 Å². The number of aliphatic hydroxyl groups is 1. The van der Waals surface area contributed by atoms with Gasteiger partial charge in [0.05, 0.1) is 11.4 Å². The van der Waals surface area contributed by atoms with E-state index in [0.717, 1.165) is 24.3 Å². The van der Waals surface area contributed by atoms with Gasteiger partial charge in [-0.3, -0.25) is 4.79 Å². The number of carbonyl (C=O) groups is 1. The van der Waals surface area contributed by atoms with Crippen LogP contribution in [-0.2, 0) is 11.2 Å². The summed E-state index contributed by atoms with van der Waals surface area (Å²) in [6, 6.07) is 15.9. The zero-order valence-corrected chi connectivity index (χ0v) is 11.0. The van der Waals surface area contributed by atoms with Crippen LogP contribution in [0.4, 0.5) is 17.1 Å². The number of rotatable bonds is 3. The summed E-state index contributed by atoms with van der Waals surface area (Å²) in [5.41, 5.74) is 4.18. The quantitative estimate of drug-likeness (QED) is 0.898. The van der Waals surface area contributed by atoms with E-state index in [1.54, 1.807) is 0 Å². The molecule has 2 aromatic rings. The number of fused-ring (bicyclic) bond motifs is 1. The van der Waals surface area contributed by atoms with Crippen molar-refractivity contribution in [3.05, 3.63) is 54.1 Å². The average molecular weight is 268 g/mol. The zero-order valence-electron chi connectivity index (χ0n) is 11.0. The molecule has 1 heterocycles. The Bertz CT molecular complexity index is 640. The van der Waals surface area contributed by atoms with Crippen LogP contribution in [0, 0.1) is 0 Å². The van der Waals surface area contributed by atoms with Crippen LogP contribution in [0.3, 0.4) is 0 Å². The van der Waals surface area contributed by atoms with Gasteiger partial charge in [0.2, 0.25) is 5.91 Å². The molecule has 2 N–H and O–H groups in total. The number of aliphatic hydroxyl groups excluding tert-OH is 1. The largest absolute Gasteiger partial charge is 0.387 e. The number of hydrogen-bond acceptors (Lipinski definition) is 3. The Balaban J connectivity index is 1.97. The van der Waals surface area contributed by atoms with Crippen LogP contribution >= 0.6 is 0 Å². The maximum Gasteiger partial charge on any atom is 0.250 e. The lowest BCUT2D eigenvalue weighted by Crippen LogP contribution is -2.20. The van der Waals surface area contributed by atoms with Gasteiger partial charge >= 0.3 is 0 Å². The molecule has 20 heavy (non-hydrogen) atoms. The number of amides is 1. The molecule has 1 aliphatic rings. The van der Waals surface area contributed by atoms with Crippen molar-refractivity contribution < 1.29 is 9.90 Å². The maximum absolute atomic E-state index is 11.4. The monoisotopic (exact) mass is 268 g/mol. The fraction of sp³-hybridized carbons (Fsp3) is 0.188. The molecule has 4 heteroatoms. The van der Waals surface area contributed by atoms with Gasteiger partial charge in [0, 0.05) is 12.2 Å². The SMILES string of the molecule is O=C(CO)Nc1ccccc1N1CCc2ccccc21. The third-order valence-corrected chi connectivity index (χ3v) is 3.50. The van der Waals surface area contributed by atoms with E-state index in [4.69, 9.17) is 5.11 Å². The average Bonchev–Trinajstić information content (AvgIpc) is 2.91. The summed E-state index contributed by atoms with van der Waals surface area (Å²) in [5.74, 6) is -0.398. The zero-order chi connectivity index (χ0) is 13.9. The van der Waals surface area contributed by atoms with Gasteiger partial charge in [0.25, 0.3) is 0 Å². The van der Waals surface area contributed by atoms with Crippen molar-refractivity contribution in [3.63, 3.8) is 0 Å². The molecule has 0 saturated heterocycles. The Morgan fingerprint density at radius 3 is 2.60 bits per heavy atom. The van der Waals surface area contributed by atoms with Crippen molar-refractivity contribution in [2.24, 2.45) is 0 Å². The highest BCUT2D eigenvalue weighted by Crippen LogP contribution is 2.37. The molecule has 3 rings (SSSR count). The second-order valence-corrected chi connectivity index (χ2v) is 4.75. The Morgan fingerprint density at radius 2 is 1.80 bits per heavy atom. The molecule has 4 nitrogen and oxygen atoms in total. The molecular formula is C16H16N2O2. The Morgan fingerprint density at radius 1 is 1.10 bits per heavy atom. The second kappa shape index (κ2) is 5.35. The lowest BCUT2D eigenvalue weighted by molar-refractivity contribution is -0.118. The summed E-state index contributed by atoms with van der Waals surface area (Å²) in [5, 5.41) is 11.6. The van der Waals surface area contributed by atoms with Crippen molar-refractivity contribution >= 4 is 23.0 Å². The van der Waals surface area contributed by atoms with E-state index in [0.29, 0.717) is 0 Å². The summed E-state index contributed by atoms with van der Waals surface area (Å²) < 4.78 is 0. The van der Waals surface area contributed by atoms with Crippen LogP contribution in [-0.4, -0.2) is 24.2 Å². The molecule has 0 radical (unpaired) electrons. The smallest absolute Gasteiger partial charge is 0.250 e. The molecule has 0 atom stereocenters.